The Morgan fingerprint density at radius 3 is 2.77 bits per heavy atom. The number of benzene rings is 1. The van der Waals surface area contributed by atoms with Gasteiger partial charge in [0.25, 0.3) is 0 Å². The van der Waals surface area contributed by atoms with Crippen LogP contribution >= 0.6 is 0 Å². The first kappa shape index (κ1) is 18.8. The van der Waals surface area contributed by atoms with E-state index in [2.05, 4.69) is 9.97 Å². The number of aryl methyl sites for hydroxylation is 1. The minimum Gasteiger partial charge on any atom is -0.392 e. The molecule has 1 saturated heterocycles. The van der Waals surface area contributed by atoms with Gasteiger partial charge < -0.3 is 5.11 Å². The van der Waals surface area contributed by atoms with Crippen LogP contribution in [-0.2, 0) is 16.6 Å². The Morgan fingerprint density at radius 2 is 2.08 bits per heavy atom. The minimum absolute atomic E-state index is 0.158. The number of hydrogen-bond donors (Lipinski definition) is 1. The molecular formula is C17H19F2N3O3S. The van der Waals surface area contributed by atoms with Gasteiger partial charge in [0.15, 0.2) is 11.6 Å². The molecule has 1 fully saturated rings. The Balaban J connectivity index is 1.90. The highest BCUT2D eigenvalue weighted by molar-refractivity contribution is 7.89. The van der Waals surface area contributed by atoms with E-state index < -0.39 is 21.7 Å². The Morgan fingerprint density at radius 1 is 1.31 bits per heavy atom. The smallest absolute Gasteiger partial charge is 0.243 e. The Bertz CT molecular complexity index is 921. The lowest BCUT2D eigenvalue weighted by Crippen LogP contribution is -2.39. The SMILES string of the molecule is Cc1ncc(CO)c(C2CCCN(S(=O)(=O)c3ccc(F)c(F)c3)C2)n1. The molecule has 6 nitrogen and oxygen atoms in total. The van der Waals surface area contributed by atoms with E-state index >= 15 is 0 Å². The molecule has 1 aromatic carbocycles. The third-order valence-corrected chi connectivity index (χ3v) is 6.35. The van der Waals surface area contributed by atoms with Crippen LogP contribution in [0, 0.1) is 18.6 Å². The maximum Gasteiger partial charge on any atom is 0.243 e. The molecule has 0 saturated carbocycles. The van der Waals surface area contributed by atoms with Gasteiger partial charge in [-0.1, -0.05) is 0 Å². The second-order valence-corrected chi connectivity index (χ2v) is 8.20. The summed E-state index contributed by atoms with van der Waals surface area (Å²) in [5.41, 5.74) is 1.19. The van der Waals surface area contributed by atoms with Crippen molar-refractivity contribution in [2.45, 2.75) is 37.2 Å². The van der Waals surface area contributed by atoms with Crippen molar-refractivity contribution in [1.29, 1.82) is 0 Å². The van der Waals surface area contributed by atoms with Gasteiger partial charge in [0, 0.05) is 30.8 Å². The molecule has 0 spiro atoms. The van der Waals surface area contributed by atoms with Gasteiger partial charge in [0.2, 0.25) is 10.0 Å². The molecule has 3 rings (SSSR count). The van der Waals surface area contributed by atoms with Gasteiger partial charge in [0.1, 0.15) is 5.82 Å². The van der Waals surface area contributed by atoms with Crippen LogP contribution in [-0.4, -0.2) is 40.9 Å². The molecule has 1 unspecified atom stereocenters. The summed E-state index contributed by atoms with van der Waals surface area (Å²) in [7, 11) is -3.95. The Kier molecular flexibility index (Phi) is 5.31. The van der Waals surface area contributed by atoms with Crippen LogP contribution in [0.5, 0.6) is 0 Å². The average Bonchev–Trinajstić information content (AvgIpc) is 2.64. The number of sulfonamides is 1. The molecule has 26 heavy (non-hydrogen) atoms. The van der Waals surface area contributed by atoms with Crippen molar-refractivity contribution in [2.75, 3.05) is 13.1 Å². The number of aliphatic hydroxyl groups is 1. The second kappa shape index (κ2) is 7.34. The number of halogens is 2. The van der Waals surface area contributed by atoms with Crippen LogP contribution in [0.2, 0.25) is 0 Å². The molecule has 9 heteroatoms. The number of aliphatic hydroxyl groups excluding tert-OH is 1. The maximum atomic E-state index is 13.5. The lowest BCUT2D eigenvalue weighted by Gasteiger charge is -2.32. The van der Waals surface area contributed by atoms with Gasteiger partial charge in [-0.25, -0.2) is 27.2 Å². The van der Waals surface area contributed by atoms with Crippen molar-refractivity contribution >= 4 is 10.0 Å². The Labute approximate surface area is 150 Å². The van der Waals surface area contributed by atoms with Crippen molar-refractivity contribution in [3.8, 4) is 0 Å². The highest BCUT2D eigenvalue weighted by atomic mass is 32.2. The highest BCUT2D eigenvalue weighted by Crippen LogP contribution is 2.31. The van der Waals surface area contributed by atoms with E-state index in [1.807, 2.05) is 0 Å². The molecule has 0 aliphatic carbocycles. The van der Waals surface area contributed by atoms with Gasteiger partial charge in [-0.15, -0.1) is 0 Å². The zero-order valence-corrected chi connectivity index (χ0v) is 15.0. The molecule has 0 amide bonds. The monoisotopic (exact) mass is 383 g/mol. The van der Waals surface area contributed by atoms with Crippen LogP contribution in [0.15, 0.2) is 29.3 Å². The van der Waals surface area contributed by atoms with Crippen LogP contribution in [0.4, 0.5) is 8.78 Å². The summed E-state index contributed by atoms with van der Waals surface area (Å²) in [6.07, 6.45) is 2.86. The van der Waals surface area contributed by atoms with E-state index in [9.17, 15) is 22.3 Å². The predicted octanol–water partition coefficient (Wildman–Crippen LogP) is 2.12. The lowest BCUT2D eigenvalue weighted by molar-refractivity contribution is 0.272. The van der Waals surface area contributed by atoms with E-state index in [4.69, 9.17) is 0 Å². The fraction of sp³-hybridized carbons (Fsp3) is 0.412. The third kappa shape index (κ3) is 3.60. The van der Waals surface area contributed by atoms with Crippen molar-refractivity contribution in [1.82, 2.24) is 14.3 Å². The number of hydrogen-bond acceptors (Lipinski definition) is 5. The molecule has 0 bridgehead atoms. The highest BCUT2D eigenvalue weighted by Gasteiger charge is 2.33. The molecule has 1 aliphatic heterocycles. The zero-order chi connectivity index (χ0) is 18.9. The van der Waals surface area contributed by atoms with Gasteiger partial charge in [-0.05, 0) is 38.0 Å². The maximum absolute atomic E-state index is 13.5. The van der Waals surface area contributed by atoms with Crippen LogP contribution in [0.1, 0.15) is 35.8 Å². The largest absolute Gasteiger partial charge is 0.392 e. The fourth-order valence-corrected chi connectivity index (χ4v) is 4.69. The zero-order valence-electron chi connectivity index (χ0n) is 14.2. The van der Waals surface area contributed by atoms with Gasteiger partial charge >= 0.3 is 0 Å². The summed E-state index contributed by atoms with van der Waals surface area (Å²) >= 11 is 0. The minimum atomic E-state index is -3.95. The molecule has 1 aromatic heterocycles. The normalized spacial score (nSPS) is 18.8. The van der Waals surface area contributed by atoms with Crippen LogP contribution in [0.25, 0.3) is 0 Å². The Hall–Kier alpha value is -1.97. The molecule has 1 aliphatic rings. The standard InChI is InChI=1S/C17H19F2N3O3S/c1-11-20-8-13(10-23)17(21-11)12-3-2-6-22(9-12)26(24,25)14-4-5-15(18)16(19)7-14/h4-5,7-8,12,23H,2-3,6,9-10H2,1H3. The number of rotatable bonds is 4. The van der Waals surface area contributed by atoms with E-state index in [1.54, 1.807) is 13.1 Å². The van der Waals surface area contributed by atoms with Crippen molar-refractivity contribution in [2.24, 2.45) is 0 Å². The number of piperidine rings is 1. The summed E-state index contributed by atoms with van der Waals surface area (Å²) in [5, 5.41) is 9.51. The average molecular weight is 383 g/mol. The first-order valence-electron chi connectivity index (χ1n) is 8.21. The lowest BCUT2D eigenvalue weighted by atomic mass is 9.93. The van der Waals surface area contributed by atoms with Crippen LogP contribution in [0.3, 0.4) is 0 Å². The molecule has 1 N–H and O–H groups in total. The van der Waals surface area contributed by atoms with Gasteiger partial charge in [0.05, 0.1) is 17.2 Å². The molecule has 140 valence electrons. The molecule has 0 radical (unpaired) electrons. The van der Waals surface area contributed by atoms with Gasteiger partial charge in [-0.2, -0.15) is 4.31 Å². The predicted molar refractivity (Wildman–Crippen MR) is 89.8 cm³/mol. The van der Waals surface area contributed by atoms with Crippen molar-refractivity contribution in [3.63, 3.8) is 0 Å². The molecular weight excluding hydrogens is 364 g/mol. The van der Waals surface area contributed by atoms with Crippen molar-refractivity contribution in [3.05, 3.63) is 53.1 Å². The first-order chi connectivity index (χ1) is 12.3. The van der Waals surface area contributed by atoms with E-state index in [0.717, 1.165) is 12.1 Å². The van der Waals surface area contributed by atoms with E-state index in [0.29, 0.717) is 36.0 Å². The topological polar surface area (TPSA) is 83.4 Å². The molecule has 2 heterocycles. The van der Waals surface area contributed by atoms with Crippen molar-refractivity contribution < 1.29 is 22.3 Å². The third-order valence-electron chi connectivity index (χ3n) is 4.49. The van der Waals surface area contributed by atoms with Crippen LogP contribution < -0.4 is 0 Å². The summed E-state index contributed by atoms with van der Waals surface area (Å²) in [6.45, 7) is 1.94. The number of nitrogens with zero attached hydrogens (tertiary/aromatic N) is 3. The molecule has 1 atom stereocenters. The summed E-state index contributed by atoms with van der Waals surface area (Å²) in [4.78, 5) is 8.16. The summed E-state index contributed by atoms with van der Waals surface area (Å²) < 4.78 is 53.4. The van der Waals surface area contributed by atoms with Gasteiger partial charge in [-0.3, -0.25) is 0 Å². The number of aromatic nitrogens is 2. The summed E-state index contributed by atoms with van der Waals surface area (Å²) in [6, 6.07) is 2.56. The van der Waals surface area contributed by atoms with E-state index in [-0.39, 0.29) is 30.5 Å². The van der Waals surface area contributed by atoms with E-state index in [1.165, 1.54) is 4.31 Å². The summed E-state index contributed by atoms with van der Waals surface area (Å²) in [5.74, 6) is -1.95. The first-order valence-corrected chi connectivity index (χ1v) is 9.65. The quantitative estimate of drug-likeness (QED) is 0.874. The second-order valence-electron chi connectivity index (χ2n) is 6.26. The fourth-order valence-electron chi connectivity index (χ4n) is 3.16. The molecule has 2 aromatic rings.